The standard InChI is InChI=1S/C20H19N5O/c26-20(25-10-8-15-5-1-2-6-16(15)13-25)18-11-19(24-14-23-18)22-12-17-7-3-4-9-21-17/h1-7,9,11,14H,8,10,12-13H2,(H,22,23,24). The number of hydrogen-bond acceptors (Lipinski definition) is 5. The van der Waals surface area contributed by atoms with Gasteiger partial charge in [0.05, 0.1) is 12.2 Å². The van der Waals surface area contributed by atoms with Gasteiger partial charge in [0.15, 0.2) is 0 Å². The molecule has 6 nitrogen and oxygen atoms in total. The normalized spacial score (nSPS) is 13.2. The van der Waals surface area contributed by atoms with Crippen molar-refractivity contribution in [2.75, 3.05) is 11.9 Å². The third-order valence-corrected chi connectivity index (χ3v) is 4.48. The van der Waals surface area contributed by atoms with Crippen LogP contribution in [0.4, 0.5) is 5.82 Å². The predicted octanol–water partition coefficient (Wildman–Crippen LogP) is 2.68. The number of nitrogens with one attached hydrogen (secondary N) is 1. The van der Waals surface area contributed by atoms with Crippen molar-refractivity contribution < 1.29 is 4.79 Å². The van der Waals surface area contributed by atoms with E-state index >= 15 is 0 Å². The molecule has 1 N–H and O–H groups in total. The van der Waals surface area contributed by atoms with Crippen LogP contribution in [0.2, 0.25) is 0 Å². The highest BCUT2D eigenvalue weighted by Crippen LogP contribution is 2.20. The highest BCUT2D eigenvalue weighted by Gasteiger charge is 2.22. The number of carbonyl (C=O) groups excluding carboxylic acids is 1. The van der Waals surface area contributed by atoms with Crippen LogP contribution in [0.3, 0.4) is 0 Å². The number of aromatic nitrogens is 3. The molecule has 1 amide bonds. The van der Waals surface area contributed by atoms with Gasteiger partial charge in [0.1, 0.15) is 17.8 Å². The van der Waals surface area contributed by atoms with Crippen LogP contribution in [-0.2, 0) is 19.5 Å². The molecule has 0 bridgehead atoms. The number of nitrogens with zero attached hydrogens (tertiary/aromatic N) is 4. The largest absolute Gasteiger partial charge is 0.364 e. The second-order valence-corrected chi connectivity index (χ2v) is 6.21. The highest BCUT2D eigenvalue weighted by atomic mass is 16.2. The molecule has 0 saturated carbocycles. The maximum atomic E-state index is 12.8. The summed E-state index contributed by atoms with van der Waals surface area (Å²) in [7, 11) is 0. The molecule has 1 aliphatic heterocycles. The fourth-order valence-corrected chi connectivity index (χ4v) is 3.09. The maximum Gasteiger partial charge on any atom is 0.272 e. The first kappa shape index (κ1) is 16.2. The van der Waals surface area contributed by atoms with Crippen LogP contribution in [-0.4, -0.2) is 32.3 Å². The molecule has 3 aromatic rings. The number of hydrogen-bond donors (Lipinski definition) is 1. The lowest BCUT2D eigenvalue weighted by Gasteiger charge is -2.28. The number of amides is 1. The number of rotatable bonds is 4. The number of anilines is 1. The van der Waals surface area contributed by atoms with E-state index in [2.05, 4.69) is 32.4 Å². The van der Waals surface area contributed by atoms with E-state index in [0.717, 1.165) is 12.1 Å². The molecule has 0 saturated heterocycles. The van der Waals surface area contributed by atoms with Gasteiger partial charge in [0, 0.05) is 25.4 Å². The van der Waals surface area contributed by atoms with Gasteiger partial charge in [-0.1, -0.05) is 30.3 Å². The average Bonchev–Trinajstić information content (AvgIpc) is 2.72. The van der Waals surface area contributed by atoms with E-state index < -0.39 is 0 Å². The molecule has 3 heterocycles. The minimum Gasteiger partial charge on any atom is -0.364 e. The second-order valence-electron chi connectivity index (χ2n) is 6.21. The molecule has 0 aliphatic carbocycles. The number of fused-ring (bicyclic) bond motifs is 1. The van der Waals surface area contributed by atoms with Crippen LogP contribution in [0.1, 0.15) is 27.3 Å². The van der Waals surface area contributed by atoms with E-state index in [9.17, 15) is 4.79 Å². The Morgan fingerprint density at radius 3 is 2.73 bits per heavy atom. The first-order valence-corrected chi connectivity index (χ1v) is 8.61. The minimum absolute atomic E-state index is 0.0669. The van der Waals surface area contributed by atoms with Gasteiger partial charge in [0.25, 0.3) is 5.91 Å². The Hall–Kier alpha value is -3.28. The van der Waals surface area contributed by atoms with Crippen molar-refractivity contribution in [1.29, 1.82) is 0 Å². The molecule has 4 rings (SSSR count). The summed E-state index contributed by atoms with van der Waals surface area (Å²) in [6.07, 6.45) is 4.05. The van der Waals surface area contributed by atoms with Crippen LogP contribution >= 0.6 is 0 Å². The summed E-state index contributed by atoms with van der Waals surface area (Å²) in [5.41, 5.74) is 3.83. The van der Waals surface area contributed by atoms with E-state index in [0.29, 0.717) is 31.1 Å². The topological polar surface area (TPSA) is 71.0 Å². The molecular weight excluding hydrogens is 326 g/mol. The van der Waals surface area contributed by atoms with E-state index in [1.165, 1.54) is 17.5 Å². The lowest BCUT2D eigenvalue weighted by Crippen LogP contribution is -2.36. The first-order valence-electron chi connectivity index (χ1n) is 8.61. The molecular formula is C20H19N5O. The first-order chi connectivity index (χ1) is 12.8. The van der Waals surface area contributed by atoms with Crippen LogP contribution in [0.15, 0.2) is 61.1 Å². The zero-order chi connectivity index (χ0) is 17.8. The Labute approximate surface area is 151 Å². The van der Waals surface area contributed by atoms with Gasteiger partial charge in [-0.15, -0.1) is 0 Å². The smallest absolute Gasteiger partial charge is 0.272 e. The molecule has 1 aromatic carbocycles. The quantitative estimate of drug-likeness (QED) is 0.787. The number of pyridine rings is 1. The number of carbonyl (C=O) groups is 1. The summed E-state index contributed by atoms with van der Waals surface area (Å²) in [5, 5.41) is 3.19. The Morgan fingerprint density at radius 2 is 1.88 bits per heavy atom. The van der Waals surface area contributed by atoms with Crippen molar-refractivity contribution in [2.45, 2.75) is 19.5 Å². The van der Waals surface area contributed by atoms with Gasteiger partial charge < -0.3 is 10.2 Å². The zero-order valence-corrected chi connectivity index (χ0v) is 14.3. The fraction of sp³-hybridized carbons (Fsp3) is 0.200. The van der Waals surface area contributed by atoms with Gasteiger partial charge in [0.2, 0.25) is 0 Å². The molecule has 2 aromatic heterocycles. The van der Waals surface area contributed by atoms with Gasteiger partial charge in [-0.3, -0.25) is 9.78 Å². The van der Waals surface area contributed by atoms with Gasteiger partial charge in [-0.25, -0.2) is 9.97 Å². The summed E-state index contributed by atoms with van der Waals surface area (Å²) in [6.45, 7) is 1.87. The highest BCUT2D eigenvalue weighted by molar-refractivity contribution is 5.93. The van der Waals surface area contributed by atoms with Crippen LogP contribution in [0, 0.1) is 0 Å². The molecule has 26 heavy (non-hydrogen) atoms. The Kier molecular flexibility index (Phi) is 4.55. The lowest BCUT2D eigenvalue weighted by atomic mass is 10.00. The monoisotopic (exact) mass is 345 g/mol. The molecule has 0 fully saturated rings. The van der Waals surface area contributed by atoms with Gasteiger partial charge >= 0.3 is 0 Å². The van der Waals surface area contributed by atoms with Crippen molar-refractivity contribution in [2.24, 2.45) is 0 Å². The molecule has 6 heteroatoms. The number of benzene rings is 1. The van der Waals surface area contributed by atoms with E-state index in [1.54, 1.807) is 12.3 Å². The predicted molar refractivity (Wildman–Crippen MR) is 98.5 cm³/mol. The Balaban J connectivity index is 1.45. The van der Waals surface area contributed by atoms with E-state index in [-0.39, 0.29) is 5.91 Å². The van der Waals surface area contributed by atoms with E-state index in [1.807, 2.05) is 35.2 Å². The van der Waals surface area contributed by atoms with Gasteiger partial charge in [-0.2, -0.15) is 0 Å². The third-order valence-electron chi connectivity index (χ3n) is 4.48. The lowest BCUT2D eigenvalue weighted by molar-refractivity contribution is 0.0728. The molecule has 0 radical (unpaired) electrons. The van der Waals surface area contributed by atoms with Crippen molar-refractivity contribution in [3.63, 3.8) is 0 Å². The molecule has 0 unspecified atom stereocenters. The van der Waals surface area contributed by atoms with E-state index in [4.69, 9.17) is 0 Å². The minimum atomic E-state index is -0.0669. The Morgan fingerprint density at radius 1 is 1.04 bits per heavy atom. The van der Waals surface area contributed by atoms with Crippen molar-refractivity contribution in [1.82, 2.24) is 19.9 Å². The fourth-order valence-electron chi connectivity index (χ4n) is 3.09. The van der Waals surface area contributed by atoms with Crippen LogP contribution < -0.4 is 5.32 Å². The summed E-state index contributed by atoms with van der Waals surface area (Å²) in [4.78, 5) is 27.3. The summed E-state index contributed by atoms with van der Waals surface area (Å²) in [5.74, 6) is 0.550. The van der Waals surface area contributed by atoms with Crippen molar-refractivity contribution in [3.8, 4) is 0 Å². The average molecular weight is 345 g/mol. The molecule has 1 aliphatic rings. The zero-order valence-electron chi connectivity index (χ0n) is 14.3. The third kappa shape index (κ3) is 3.54. The van der Waals surface area contributed by atoms with Crippen molar-refractivity contribution >= 4 is 11.7 Å². The van der Waals surface area contributed by atoms with Gasteiger partial charge in [-0.05, 0) is 29.7 Å². The van der Waals surface area contributed by atoms with Crippen LogP contribution in [0.5, 0.6) is 0 Å². The molecule has 130 valence electrons. The maximum absolute atomic E-state index is 12.8. The van der Waals surface area contributed by atoms with Crippen molar-refractivity contribution in [3.05, 3.63) is 83.6 Å². The molecule has 0 atom stereocenters. The molecule has 0 spiro atoms. The summed E-state index contributed by atoms with van der Waals surface area (Å²) >= 11 is 0. The second kappa shape index (κ2) is 7.31. The Bertz CT molecular complexity index is 913. The SMILES string of the molecule is O=C(c1cc(NCc2ccccn2)ncn1)N1CCc2ccccc2C1. The summed E-state index contributed by atoms with van der Waals surface area (Å²) in [6, 6.07) is 15.7. The summed E-state index contributed by atoms with van der Waals surface area (Å²) < 4.78 is 0. The van der Waals surface area contributed by atoms with Crippen LogP contribution in [0.25, 0.3) is 0 Å².